The van der Waals surface area contributed by atoms with Crippen LogP contribution < -0.4 is 10.1 Å². The zero-order chi connectivity index (χ0) is 14.0. The lowest BCUT2D eigenvalue weighted by Gasteiger charge is -2.29. The van der Waals surface area contributed by atoms with Crippen molar-refractivity contribution < 1.29 is 4.74 Å². The molecule has 1 aliphatic rings. The molecule has 0 radical (unpaired) electrons. The van der Waals surface area contributed by atoms with Gasteiger partial charge in [0.1, 0.15) is 10.8 Å². The van der Waals surface area contributed by atoms with E-state index >= 15 is 0 Å². The van der Waals surface area contributed by atoms with Crippen molar-refractivity contribution in [1.29, 1.82) is 0 Å². The summed E-state index contributed by atoms with van der Waals surface area (Å²) in [6.07, 6.45) is 5.40. The van der Waals surface area contributed by atoms with Crippen LogP contribution in [0.4, 0.5) is 0 Å². The molecule has 3 rings (SSSR count). The minimum Gasteiger partial charge on any atom is -0.497 e. The number of rotatable bonds is 6. The molecule has 0 aliphatic heterocycles. The number of benzene rings is 1. The van der Waals surface area contributed by atoms with E-state index < -0.39 is 0 Å². The minimum absolute atomic E-state index is 0.0794. The molecule has 1 aromatic carbocycles. The fraction of sp³-hybridized carbons (Fsp3) is 0.438. The number of hydrogen-bond donors (Lipinski definition) is 1. The molecule has 1 aromatic heterocycles. The van der Waals surface area contributed by atoms with Gasteiger partial charge in [-0.3, -0.25) is 0 Å². The van der Waals surface area contributed by atoms with Gasteiger partial charge in [-0.15, -0.1) is 11.3 Å². The SMILES string of the molecule is COc1ccc(CC(C)(NC2CC2)c2nccs2)cc1. The van der Waals surface area contributed by atoms with Gasteiger partial charge in [-0.2, -0.15) is 0 Å². The molecule has 1 saturated carbocycles. The summed E-state index contributed by atoms with van der Waals surface area (Å²) in [6, 6.07) is 8.98. The number of methoxy groups -OCH3 is 1. The largest absolute Gasteiger partial charge is 0.497 e. The van der Waals surface area contributed by atoms with Gasteiger partial charge in [0.15, 0.2) is 0 Å². The molecule has 1 heterocycles. The third kappa shape index (κ3) is 3.02. The Morgan fingerprint density at radius 1 is 1.35 bits per heavy atom. The van der Waals surface area contributed by atoms with Crippen LogP contribution >= 0.6 is 11.3 Å². The summed E-state index contributed by atoms with van der Waals surface area (Å²) in [6.45, 7) is 2.26. The van der Waals surface area contributed by atoms with E-state index in [9.17, 15) is 0 Å². The van der Waals surface area contributed by atoms with Crippen molar-refractivity contribution >= 4 is 11.3 Å². The predicted octanol–water partition coefficient (Wildman–Crippen LogP) is 3.36. The summed E-state index contributed by atoms with van der Waals surface area (Å²) < 4.78 is 5.22. The van der Waals surface area contributed by atoms with E-state index in [2.05, 4.69) is 34.7 Å². The standard InChI is InChI=1S/C16H20N2OS/c1-16(18-13-5-6-13,15-17-9-10-20-15)11-12-3-7-14(19-2)8-4-12/h3-4,7-10,13,18H,5-6,11H2,1-2H3. The maximum atomic E-state index is 5.22. The first-order valence-corrected chi connectivity index (χ1v) is 7.88. The normalized spacial score (nSPS) is 17.7. The van der Waals surface area contributed by atoms with Gasteiger partial charge in [0.2, 0.25) is 0 Å². The Hall–Kier alpha value is -1.39. The molecule has 0 bridgehead atoms. The molecule has 1 aliphatic carbocycles. The fourth-order valence-corrected chi connectivity index (χ4v) is 3.28. The maximum absolute atomic E-state index is 5.22. The smallest absolute Gasteiger partial charge is 0.118 e. The molecular formula is C16H20N2OS. The predicted molar refractivity (Wildman–Crippen MR) is 82.3 cm³/mol. The number of hydrogen-bond acceptors (Lipinski definition) is 4. The van der Waals surface area contributed by atoms with Crippen LogP contribution in [-0.4, -0.2) is 18.1 Å². The van der Waals surface area contributed by atoms with Crippen LogP contribution in [0, 0.1) is 0 Å². The fourth-order valence-electron chi connectivity index (χ4n) is 2.51. The van der Waals surface area contributed by atoms with Crippen molar-refractivity contribution in [2.75, 3.05) is 7.11 Å². The summed E-state index contributed by atoms with van der Waals surface area (Å²) in [4.78, 5) is 4.53. The summed E-state index contributed by atoms with van der Waals surface area (Å²) in [5.74, 6) is 0.903. The molecule has 0 saturated heterocycles. The lowest BCUT2D eigenvalue weighted by Crippen LogP contribution is -2.42. The Bertz CT molecular complexity index is 548. The highest BCUT2D eigenvalue weighted by Crippen LogP contribution is 2.32. The van der Waals surface area contributed by atoms with Gasteiger partial charge in [0.05, 0.1) is 12.6 Å². The number of aromatic nitrogens is 1. The van der Waals surface area contributed by atoms with Gasteiger partial charge in [-0.05, 0) is 43.9 Å². The zero-order valence-corrected chi connectivity index (χ0v) is 12.7. The lowest BCUT2D eigenvalue weighted by molar-refractivity contribution is 0.357. The average molecular weight is 288 g/mol. The highest BCUT2D eigenvalue weighted by Gasteiger charge is 2.35. The second-order valence-corrected chi connectivity index (χ2v) is 6.51. The first-order valence-electron chi connectivity index (χ1n) is 7.00. The summed E-state index contributed by atoms with van der Waals surface area (Å²) in [7, 11) is 1.70. The first kappa shape index (κ1) is 13.6. The molecule has 0 amide bonds. The van der Waals surface area contributed by atoms with Crippen molar-refractivity contribution in [1.82, 2.24) is 10.3 Å². The number of thiazole rings is 1. The molecular weight excluding hydrogens is 268 g/mol. The van der Waals surface area contributed by atoms with Crippen LogP contribution in [0.3, 0.4) is 0 Å². The van der Waals surface area contributed by atoms with Crippen LogP contribution in [0.5, 0.6) is 5.75 Å². The number of nitrogens with one attached hydrogen (secondary N) is 1. The third-order valence-corrected chi connectivity index (χ3v) is 4.76. The quantitative estimate of drug-likeness (QED) is 0.885. The molecule has 106 valence electrons. The second kappa shape index (κ2) is 5.54. The van der Waals surface area contributed by atoms with E-state index in [1.807, 2.05) is 18.3 Å². The minimum atomic E-state index is -0.0794. The highest BCUT2D eigenvalue weighted by atomic mass is 32.1. The van der Waals surface area contributed by atoms with E-state index in [0.29, 0.717) is 6.04 Å². The summed E-state index contributed by atoms with van der Waals surface area (Å²) in [5.41, 5.74) is 1.22. The number of nitrogens with zero attached hydrogens (tertiary/aromatic N) is 1. The zero-order valence-electron chi connectivity index (χ0n) is 11.9. The van der Waals surface area contributed by atoms with Crippen LogP contribution in [-0.2, 0) is 12.0 Å². The molecule has 3 nitrogen and oxygen atoms in total. The van der Waals surface area contributed by atoms with Crippen LogP contribution in [0.15, 0.2) is 35.8 Å². The molecule has 2 aromatic rings. The Labute approximate surface area is 124 Å². The lowest BCUT2D eigenvalue weighted by atomic mass is 9.93. The first-order chi connectivity index (χ1) is 9.69. The monoisotopic (exact) mass is 288 g/mol. The maximum Gasteiger partial charge on any atom is 0.118 e. The Morgan fingerprint density at radius 3 is 2.65 bits per heavy atom. The summed E-state index contributed by atoms with van der Waals surface area (Å²) >= 11 is 1.73. The van der Waals surface area contributed by atoms with Crippen molar-refractivity contribution in [3.05, 3.63) is 46.4 Å². The molecule has 1 atom stereocenters. The van der Waals surface area contributed by atoms with Gasteiger partial charge >= 0.3 is 0 Å². The average Bonchev–Trinajstić information content (AvgIpc) is 3.08. The van der Waals surface area contributed by atoms with Crippen molar-refractivity contribution in [3.63, 3.8) is 0 Å². The van der Waals surface area contributed by atoms with E-state index in [1.54, 1.807) is 18.4 Å². The van der Waals surface area contributed by atoms with E-state index in [0.717, 1.165) is 12.2 Å². The van der Waals surface area contributed by atoms with E-state index in [-0.39, 0.29) is 5.54 Å². The molecule has 0 spiro atoms. The molecule has 4 heteroatoms. The highest BCUT2D eigenvalue weighted by molar-refractivity contribution is 7.09. The van der Waals surface area contributed by atoms with E-state index in [4.69, 9.17) is 4.74 Å². The van der Waals surface area contributed by atoms with Crippen molar-refractivity contribution in [3.8, 4) is 5.75 Å². The van der Waals surface area contributed by atoms with Crippen LogP contribution in [0.25, 0.3) is 0 Å². The van der Waals surface area contributed by atoms with Gasteiger partial charge < -0.3 is 10.1 Å². The summed E-state index contributed by atoms with van der Waals surface area (Å²) in [5, 5.41) is 6.98. The van der Waals surface area contributed by atoms with E-state index in [1.165, 1.54) is 23.4 Å². The Balaban J connectivity index is 1.81. The second-order valence-electron chi connectivity index (χ2n) is 5.61. The van der Waals surface area contributed by atoms with Gasteiger partial charge in [0.25, 0.3) is 0 Å². The van der Waals surface area contributed by atoms with Gasteiger partial charge in [0, 0.05) is 17.6 Å². The van der Waals surface area contributed by atoms with Gasteiger partial charge in [-0.25, -0.2) is 4.98 Å². The molecule has 1 fully saturated rings. The van der Waals surface area contributed by atoms with Crippen LogP contribution in [0.2, 0.25) is 0 Å². The topological polar surface area (TPSA) is 34.1 Å². The van der Waals surface area contributed by atoms with Gasteiger partial charge in [-0.1, -0.05) is 12.1 Å². The van der Waals surface area contributed by atoms with Crippen molar-refractivity contribution in [2.24, 2.45) is 0 Å². The molecule has 1 unspecified atom stereocenters. The number of ether oxygens (including phenoxy) is 1. The Kier molecular flexibility index (Phi) is 3.76. The Morgan fingerprint density at radius 2 is 2.10 bits per heavy atom. The molecule has 20 heavy (non-hydrogen) atoms. The molecule has 1 N–H and O–H groups in total. The van der Waals surface area contributed by atoms with Crippen molar-refractivity contribution in [2.45, 2.75) is 37.8 Å². The third-order valence-electron chi connectivity index (χ3n) is 3.72. The van der Waals surface area contributed by atoms with Crippen LogP contribution in [0.1, 0.15) is 30.3 Å².